The molecule has 1 heterocycles. The van der Waals surface area contributed by atoms with Crippen LogP contribution in [0.4, 0.5) is 5.82 Å². The Morgan fingerprint density at radius 1 is 1.24 bits per heavy atom. The van der Waals surface area contributed by atoms with Gasteiger partial charge in [-0.05, 0) is 52.3 Å². The first-order chi connectivity index (χ1) is 10.2. The average Bonchev–Trinajstić information content (AvgIpc) is 2.50. The van der Waals surface area contributed by atoms with Gasteiger partial charge in [0.1, 0.15) is 10.4 Å². The van der Waals surface area contributed by atoms with Gasteiger partial charge in [0.15, 0.2) is 10.9 Å². The van der Waals surface area contributed by atoms with Gasteiger partial charge in [0.25, 0.3) is 0 Å². The second-order valence-corrected chi connectivity index (χ2v) is 5.33. The third-order valence-corrected chi connectivity index (χ3v) is 3.57. The third-order valence-electron chi connectivity index (χ3n) is 2.74. The topological polar surface area (TPSA) is 59.1 Å². The Labute approximate surface area is 137 Å². The SMILES string of the molecule is COc1ccc(CCNC(=S)Nc2nccnc2Br)cc1. The van der Waals surface area contributed by atoms with Crippen LogP contribution in [-0.4, -0.2) is 28.7 Å². The molecule has 1 aromatic carbocycles. The Hall–Kier alpha value is -1.73. The van der Waals surface area contributed by atoms with Gasteiger partial charge >= 0.3 is 0 Å². The van der Waals surface area contributed by atoms with Crippen LogP contribution in [0.1, 0.15) is 5.56 Å². The highest BCUT2D eigenvalue weighted by Crippen LogP contribution is 2.14. The molecular weight excluding hydrogens is 352 g/mol. The monoisotopic (exact) mass is 366 g/mol. The van der Waals surface area contributed by atoms with Crippen LogP contribution in [0.15, 0.2) is 41.3 Å². The van der Waals surface area contributed by atoms with Gasteiger partial charge < -0.3 is 15.4 Å². The van der Waals surface area contributed by atoms with Crippen LogP contribution < -0.4 is 15.4 Å². The lowest BCUT2D eigenvalue weighted by Gasteiger charge is -2.10. The molecule has 0 atom stereocenters. The Morgan fingerprint density at radius 3 is 2.62 bits per heavy atom. The quantitative estimate of drug-likeness (QED) is 0.793. The summed E-state index contributed by atoms with van der Waals surface area (Å²) in [5, 5.41) is 6.65. The zero-order valence-corrected chi connectivity index (χ0v) is 13.9. The molecule has 0 unspecified atom stereocenters. The van der Waals surface area contributed by atoms with E-state index in [1.165, 1.54) is 5.56 Å². The number of nitrogens with one attached hydrogen (secondary N) is 2. The van der Waals surface area contributed by atoms with Gasteiger partial charge in [-0.3, -0.25) is 0 Å². The number of halogens is 1. The molecule has 0 saturated carbocycles. The summed E-state index contributed by atoms with van der Waals surface area (Å²) < 4.78 is 5.75. The van der Waals surface area contributed by atoms with E-state index in [1.807, 2.05) is 24.3 Å². The Bertz CT molecular complexity index is 606. The van der Waals surface area contributed by atoms with Crippen LogP contribution in [0, 0.1) is 0 Å². The van der Waals surface area contributed by atoms with E-state index in [-0.39, 0.29) is 0 Å². The molecule has 0 aliphatic heterocycles. The molecule has 7 heteroatoms. The molecule has 2 N–H and O–H groups in total. The van der Waals surface area contributed by atoms with Crippen molar-refractivity contribution in [2.24, 2.45) is 0 Å². The number of anilines is 1. The molecule has 5 nitrogen and oxygen atoms in total. The lowest BCUT2D eigenvalue weighted by atomic mass is 10.1. The zero-order chi connectivity index (χ0) is 15.1. The van der Waals surface area contributed by atoms with Crippen molar-refractivity contribution in [2.75, 3.05) is 19.0 Å². The van der Waals surface area contributed by atoms with Crippen LogP contribution in [0.2, 0.25) is 0 Å². The van der Waals surface area contributed by atoms with E-state index in [0.717, 1.165) is 18.7 Å². The molecule has 2 aromatic rings. The van der Waals surface area contributed by atoms with Crippen LogP contribution in [0.25, 0.3) is 0 Å². The van der Waals surface area contributed by atoms with Gasteiger partial charge in [-0.1, -0.05) is 12.1 Å². The maximum absolute atomic E-state index is 5.22. The molecule has 0 aliphatic rings. The van der Waals surface area contributed by atoms with E-state index < -0.39 is 0 Å². The van der Waals surface area contributed by atoms with Crippen molar-refractivity contribution in [2.45, 2.75) is 6.42 Å². The maximum atomic E-state index is 5.22. The minimum Gasteiger partial charge on any atom is -0.497 e. The summed E-state index contributed by atoms with van der Waals surface area (Å²) in [6, 6.07) is 7.97. The van der Waals surface area contributed by atoms with Crippen molar-refractivity contribution < 1.29 is 4.74 Å². The number of benzene rings is 1. The molecule has 0 aliphatic carbocycles. The molecule has 0 bridgehead atoms. The van der Waals surface area contributed by atoms with E-state index in [4.69, 9.17) is 17.0 Å². The summed E-state index contributed by atoms with van der Waals surface area (Å²) in [7, 11) is 1.66. The number of thiocarbonyl (C=S) groups is 1. The summed E-state index contributed by atoms with van der Waals surface area (Å²) in [6.45, 7) is 0.732. The van der Waals surface area contributed by atoms with Crippen LogP contribution in [0.5, 0.6) is 5.75 Å². The molecule has 0 saturated heterocycles. The summed E-state index contributed by atoms with van der Waals surface area (Å²) in [4.78, 5) is 8.21. The van der Waals surface area contributed by atoms with Gasteiger partial charge in [-0.2, -0.15) is 0 Å². The van der Waals surface area contributed by atoms with E-state index in [2.05, 4.69) is 36.5 Å². The minimum absolute atomic E-state index is 0.518. The van der Waals surface area contributed by atoms with Crippen molar-refractivity contribution >= 4 is 39.1 Å². The predicted molar refractivity (Wildman–Crippen MR) is 90.7 cm³/mol. The van der Waals surface area contributed by atoms with Gasteiger partial charge in [0, 0.05) is 18.9 Å². The molecule has 0 amide bonds. The van der Waals surface area contributed by atoms with Crippen molar-refractivity contribution in [3.05, 3.63) is 46.8 Å². The van der Waals surface area contributed by atoms with Crippen LogP contribution in [0.3, 0.4) is 0 Å². The predicted octanol–water partition coefficient (Wildman–Crippen LogP) is 2.78. The largest absolute Gasteiger partial charge is 0.497 e. The van der Waals surface area contributed by atoms with Gasteiger partial charge in [0.2, 0.25) is 0 Å². The number of rotatable bonds is 5. The van der Waals surface area contributed by atoms with Crippen LogP contribution in [-0.2, 0) is 6.42 Å². The van der Waals surface area contributed by atoms with Gasteiger partial charge in [0.05, 0.1) is 7.11 Å². The normalized spacial score (nSPS) is 10.0. The van der Waals surface area contributed by atoms with E-state index in [0.29, 0.717) is 15.5 Å². The van der Waals surface area contributed by atoms with Gasteiger partial charge in [-0.25, -0.2) is 9.97 Å². The Morgan fingerprint density at radius 2 is 1.95 bits per heavy atom. The van der Waals surface area contributed by atoms with E-state index >= 15 is 0 Å². The molecule has 21 heavy (non-hydrogen) atoms. The number of hydrogen-bond donors (Lipinski definition) is 2. The minimum atomic E-state index is 0.518. The smallest absolute Gasteiger partial charge is 0.172 e. The highest BCUT2D eigenvalue weighted by molar-refractivity contribution is 9.10. The van der Waals surface area contributed by atoms with Crippen LogP contribution >= 0.6 is 28.1 Å². The molecule has 0 spiro atoms. The van der Waals surface area contributed by atoms with Gasteiger partial charge in [-0.15, -0.1) is 0 Å². The third kappa shape index (κ3) is 4.95. The summed E-state index contributed by atoms with van der Waals surface area (Å²) in [5.74, 6) is 1.45. The molecule has 1 aromatic heterocycles. The maximum Gasteiger partial charge on any atom is 0.172 e. The number of nitrogens with zero attached hydrogens (tertiary/aromatic N) is 2. The first-order valence-electron chi connectivity index (χ1n) is 6.33. The van der Waals surface area contributed by atoms with E-state index in [9.17, 15) is 0 Å². The summed E-state index contributed by atoms with van der Waals surface area (Å²) in [5.41, 5.74) is 1.21. The molecule has 2 rings (SSSR count). The lowest BCUT2D eigenvalue weighted by molar-refractivity contribution is 0.414. The number of methoxy groups -OCH3 is 1. The standard InChI is InChI=1S/C14H15BrN4OS/c1-20-11-4-2-10(3-5-11)6-7-18-14(21)19-13-12(15)16-8-9-17-13/h2-5,8-9H,6-7H2,1H3,(H2,17,18,19,21). The molecule has 0 radical (unpaired) electrons. The lowest BCUT2D eigenvalue weighted by Crippen LogP contribution is -2.30. The second kappa shape index (κ2) is 7.90. The number of ether oxygens (including phenoxy) is 1. The van der Waals surface area contributed by atoms with Crippen molar-refractivity contribution in [1.29, 1.82) is 0 Å². The Kier molecular flexibility index (Phi) is 5.89. The second-order valence-electron chi connectivity index (χ2n) is 4.17. The first-order valence-corrected chi connectivity index (χ1v) is 7.53. The summed E-state index contributed by atoms with van der Waals surface area (Å²) >= 11 is 8.53. The number of hydrogen-bond acceptors (Lipinski definition) is 4. The summed E-state index contributed by atoms with van der Waals surface area (Å²) in [6.07, 6.45) is 4.08. The molecular formula is C14H15BrN4OS. The van der Waals surface area contributed by atoms with Crippen molar-refractivity contribution in [1.82, 2.24) is 15.3 Å². The fraction of sp³-hybridized carbons (Fsp3) is 0.214. The zero-order valence-electron chi connectivity index (χ0n) is 11.5. The fourth-order valence-corrected chi connectivity index (χ4v) is 2.19. The Balaban J connectivity index is 1.77. The highest BCUT2D eigenvalue weighted by atomic mass is 79.9. The number of aromatic nitrogens is 2. The van der Waals surface area contributed by atoms with E-state index in [1.54, 1.807) is 19.5 Å². The average molecular weight is 367 g/mol. The first kappa shape index (κ1) is 15.7. The highest BCUT2D eigenvalue weighted by Gasteiger charge is 2.03. The fourth-order valence-electron chi connectivity index (χ4n) is 1.67. The molecule has 110 valence electrons. The van der Waals surface area contributed by atoms with Crippen molar-refractivity contribution in [3.8, 4) is 5.75 Å². The van der Waals surface area contributed by atoms with Crippen molar-refractivity contribution in [3.63, 3.8) is 0 Å². The molecule has 0 fully saturated rings.